The number of nitro groups is 1. The molecule has 1 rings (SSSR count). The van der Waals surface area contributed by atoms with Gasteiger partial charge < -0.3 is 15.5 Å². The molecule has 0 aliphatic rings. The summed E-state index contributed by atoms with van der Waals surface area (Å²) in [5.41, 5.74) is 0.374. The van der Waals surface area contributed by atoms with E-state index in [-0.39, 0.29) is 17.3 Å². The van der Waals surface area contributed by atoms with Crippen molar-refractivity contribution >= 4 is 17.4 Å². The summed E-state index contributed by atoms with van der Waals surface area (Å²) in [5.74, 6) is 0. The molecule has 0 aromatic heterocycles. The molecule has 0 atom stereocenters. The Hall–Kier alpha value is -2.82. The van der Waals surface area contributed by atoms with E-state index in [1.165, 1.54) is 23.1 Å². The monoisotopic (exact) mass is 277 g/mol. The van der Waals surface area contributed by atoms with E-state index in [1.807, 2.05) is 6.07 Å². The summed E-state index contributed by atoms with van der Waals surface area (Å²) < 4.78 is 0. The van der Waals surface area contributed by atoms with Crippen LogP contribution in [0.4, 0.5) is 16.2 Å². The minimum atomic E-state index is -0.554. The zero-order valence-electron chi connectivity index (χ0n) is 11.2. The Kier molecular flexibility index (Phi) is 5.29. The van der Waals surface area contributed by atoms with Crippen molar-refractivity contribution < 1.29 is 9.72 Å². The Morgan fingerprint density at radius 1 is 1.45 bits per heavy atom. The van der Waals surface area contributed by atoms with Gasteiger partial charge in [0, 0.05) is 33.3 Å². The molecule has 0 fully saturated rings. The highest BCUT2D eigenvalue weighted by Crippen LogP contribution is 2.24. The maximum Gasteiger partial charge on any atom is 0.316 e. The Morgan fingerprint density at radius 2 is 2.15 bits per heavy atom. The van der Waals surface area contributed by atoms with Crippen LogP contribution in [0.15, 0.2) is 18.2 Å². The standard InChI is InChI=1S/C12H15N5O3/c1-16(2)12(18)15-6-5-14-10-4-3-9(8-13)7-11(10)17(19)20/h3-4,7,14H,5-6H2,1-2H3,(H,15,18). The average molecular weight is 277 g/mol. The van der Waals surface area contributed by atoms with Gasteiger partial charge in [0.15, 0.2) is 0 Å². The van der Waals surface area contributed by atoms with Crippen LogP contribution in [0.25, 0.3) is 0 Å². The molecule has 2 N–H and O–H groups in total. The number of nitriles is 1. The predicted molar refractivity (Wildman–Crippen MR) is 73.4 cm³/mol. The number of nitrogens with one attached hydrogen (secondary N) is 2. The van der Waals surface area contributed by atoms with Crippen LogP contribution in [0, 0.1) is 21.4 Å². The largest absolute Gasteiger partial charge is 0.378 e. The van der Waals surface area contributed by atoms with Crippen molar-refractivity contribution in [1.29, 1.82) is 5.26 Å². The first-order chi connectivity index (χ1) is 9.45. The molecule has 8 nitrogen and oxygen atoms in total. The van der Waals surface area contributed by atoms with Crippen LogP contribution in [0.5, 0.6) is 0 Å². The summed E-state index contributed by atoms with van der Waals surface area (Å²) in [6.07, 6.45) is 0. The highest BCUT2D eigenvalue weighted by atomic mass is 16.6. The number of nitro benzene ring substituents is 1. The number of rotatable bonds is 5. The van der Waals surface area contributed by atoms with Crippen molar-refractivity contribution in [2.24, 2.45) is 0 Å². The molecule has 0 spiro atoms. The molecule has 20 heavy (non-hydrogen) atoms. The van der Waals surface area contributed by atoms with Gasteiger partial charge in [-0.3, -0.25) is 10.1 Å². The smallest absolute Gasteiger partial charge is 0.316 e. The molecule has 0 unspecified atom stereocenters. The maximum absolute atomic E-state index is 11.3. The Labute approximate surface area is 116 Å². The van der Waals surface area contributed by atoms with Crippen LogP contribution in [0.1, 0.15) is 5.56 Å². The first kappa shape index (κ1) is 15.2. The molecule has 0 saturated heterocycles. The lowest BCUT2D eigenvalue weighted by molar-refractivity contribution is -0.384. The molecule has 0 radical (unpaired) electrons. The fourth-order valence-electron chi connectivity index (χ4n) is 1.43. The van der Waals surface area contributed by atoms with Crippen LogP contribution in [0.2, 0.25) is 0 Å². The van der Waals surface area contributed by atoms with Gasteiger partial charge in [-0.2, -0.15) is 5.26 Å². The number of carbonyl (C=O) groups excluding carboxylic acids is 1. The number of nitrogens with zero attached hydrogens (tertiary/aromatic N) is 3. The zero-order chi connectivity index (χ0) is 15.1. The van der Waals surface area contributed by atoms with Gasteiger partial charge in [-0.15, -0.1) is 0 Å². The second kappa shape index (κ2) is 6.94. The van der Waals surface area contributed by atoms with Crippen LogP contribution < -0.4 is 10.6 Å². The number of anilines is 1. The van der Waals surface area contributed by atoms with Crippen molar-refractivity contribution in [1.82, 2.24) is 10.2 Å². The first-order valence-electron chi connectivity index (χ1n) is 5.83. The van der Waals surface area contributed by atoms with Crippen molar-refractivity contribution in [3.05, 3.63) is 33.9 Å². The topological polar surface area (TPSA) is 111 Å². The van der Waals surface area contributed by atoms with E-state index in [0.717, 1.165) is 0 Å². The van der Waals surface area contributed by atoms with Gasteiger partial charge in [-0.1, -0.05) is 0 Å². The van der Waals surface area contributed by atoms with Crippen LogP contribution >= 0.6 is 0 Å². The van der Waals surface area contributed by atoms with Crippen molar-refractivity contribution in [3.63, 3.8) is 0 Å². The lowest BCUT2D eigenvalue weighted by atomic mass is 10.2. The van der Waals surface area contributed by atoms with Gasteiger partial charge in [-0.05, 0) is 12.1 Å². The number of amides is 2. The van der Waals surface area contributed by atoms with E-state index in [9.17, 15) is 14.9 Å². The average Bonchev–Trinajstić information content (AvgIpc) is 2.42. The number of benzene rings is 1. The molecule has 0 saturated carbocycles. The zero-order valence-corrected chi connectivity index (χ0v) is 11.2. The Morgan fingerprint density at radius 3 is 2.70 bits per heavy atom. The minimum absolute atomic E-state index is 0.164. The molecule has 1 aromatic rings. The third-order valence-electron chi connectivity index (χ3n) is 2.45. The van der Waals surface area contributed by atoms with E-state index in [2.05, 4.69) is 10.6 Å². The molecule has 1 aromatic carbocycles. The van der Waals surface area contributed by atoms with Crippen molar-refractivity contribution in [2.75, 3.05) is 32.5 Å². The normalized spacial score (nSPS) is 9.45. The minimum Gasteiger partial charge on any atom is -0.378 e. The predicted octanol–water partition coefficient (Wildman–Crippen LogP) is 1.15. The quantitative estimate of drug-likeness (QED) is 0.476. The second-order valence-corrected chi connectivity index (χ2v) is 4.15. The number of hydrogen-bond acceptors (Lipinski definition) is 5. The molecular formula is C12H15N5O3. The van der Waals surface area contributed by atoms with E-state index in [4.69, 9.17) is 5.26 Å². The summed E-state index contributed by atoms with van der Waals surface area (Å²) in [4.78, 5) is 23.0. The lowest BCUT2D eigenvalue weighted by Gasteiger charge is -2.12. The van der Waals surface area contributed by atoms with Gasteiger partial charge >= 0.3 is 6.03 Å². The summed E-state index contributed by atoms with van der Waals surface area (Å²) in [7, 11) is 3.24. The number of carbonyl (C=O) groups is 1. The Bertz CT molecular complexity index is 551. The molecule has 0 aliphatic heterocycles. The van der Waals surface area contributed by atoms with Crippen molar-refractivity contribution in [3.8, 4) is 6.07 Å². The SMILES string of the molecule is CN(C)C(=O)NCCNc1ccc(C#N)cc1[N+](=O)[O-]. The molecule has 0 heterocycles. The molecule has 106 valence electrons. The highest BCUT2D eigenvalue weighted by molar-refractivity contribution is 5.73. The maximum atomic E-state index is 11.3. The summed E-state index contributed by atoms with van der Waals surface area (Å²) >= 11 is 0. The van der Waals surface area contributed by atoms with E-state index < -0.39 is 4.92 Å². The first-order valence-corrected chi connectivity index (χ1v) is 5.83. The van der Waals surface area contributed by atoms with Gasteiger partial charge in [0.1, 0.15) is 5.69 Å². The summed E-state index contributed by atoms with van der Waals surface area (Å²) in [5, 5.41) is 25.1. The summed E-state index contributed by atoms with van der Waals surface area (Å²) in [6, 6.07) is 5.79. The fourth-order valence-corrected chi connectivity index (χ4v) is 1.43. The second-order valence-electron chi connectivity index (χ2n) is 4.15. The fraction of sp³-hybridized carbons (Fsp3) is 0.333. The van der Waals surface area contributed by atoms with E-state index in [0.29, 0.717) is 18.8 Å². The summed E-state index contributed by atoms with van der Waals surface area (Å²) in [6.45, 7) is 0.667. The third-order valence-corrected chi connectivity index (χ3v) is 2.45. The Balaban J connectivity index is 2.62. The number of urea groups is 1. The molecule has 0 aliphatic carbocycles. The molecular weight excluding hydrogens is 262 g/mol. The van der Waals surface area contributed by atoms with Gasteiger partial charge in [0.2, 0.25) is 0 Å². The number of hydrogen-bond donors (Lipinski definition) is 2. The van der Waals surface area contributed by atoms with E-state index in [1.54, 1.807) is 14.1 Å². The molecule has 8 heteroatoms. The van der Waals surface area contributed by atoms with Gasteiger partial charge in [0.05, 0.1) is 16.6 Å². The lowest BCUT2D eigenvalue weighted by Crippen LogP contribution is -2.37. The van der Waals surface area contributed by atoms with E-state index >= 15 is 0 Å². The molecule has 0 bridgehead atoms. The van der Waals surface area contributed by atoms with Crippen molar-refractivity contribution in [2.45, 2.75) is 0 Å². The van der Waals surface area contributed by atoms with Crippen LogP contribution in [-0.2, 0) is 0 Å². The van der Waals surface area contributed by atoms with Gasteiger partial charge in [-0.25, -0.2) is 4.79 Å². The highest BCUT2D eigenvalue weighted by Gasteiger charge is 2.14. The molecule has 2 amide bonds. The van der Waals surface area contributed by atoms with Crippen LogP contribution in [-0.4, -0.2) is 43.0 Å². The third kappa shape index (κ3) is 4.13. The van der Waals surface area contributed by atoms with Crippen LogP contribution in [0.3, 0.4) is 0 Å². The van der Waals surface area contributed by atoms with Gasteiger partial charge in [0.25, 0.3) is 5.69 Å².